The van der Waals surface area contributed by atoms with Crippen LogP contribution in [0.5, 0.6) is 11.5 Å². The summed E-state index contributed by atoms with van der Waals surface area (Å²) in [5, 5.41) is 20.2. The first kappa shape index (κ1) is 13.9. The minimum Gasteiger partial charge on any atom is -0.507 e. The number of hydrogen-bond donors (Lipinski definition) is 2. The fourth-order valence-corrected chi connectivity index (χ4v) is 2.05. The number of phenolic OH excluding ortho intramolecular Hbond substituents is 2. The number of rotatable bonds is 4. The number of aryl methyl sites for hydroxylation is 1. The van der Waals surface area contributed by atoms with E-state index >= 15 is 0 Å². The highest BCUT2D eigenvalue weighted by Gasteiger charge is 2.14. The van der Waals surface area contributed by atoms with Crippen LogP contribution in [0, 0.1) is 0 Å². The summed E-state index contributed by atoms with van der Waals surface area (Å²) in [7, 11) is 1.33. The number of carbonyl (C=O) groups excluding carboxylic acids is 1. The first-order valence-electron chi connectivity index (χ1n) is 6.29. The molecular weight excluding hydrogens is 256 g/mol. The van der Waals surface area contributed by atoms with Crippen LogP contribution in [0.25, 0.3) is 11.1 Å². The molecule has 0 unspecified atom stereocenters. The molecule has 0 radical (unpaired) electrons. The van der Waals surface area contributed by atoms with Crippen LogP contribution >= 0.6 is 0 Å². The Bertz CT molecular complexity index is 605. The summed E-state index contributed by atoms with van der Waals surface area (Å²) in [6, 6.07) is 12.3. The zero-order chi connectivity index (χ0) is 14.5. The molecule has 0 amide bonds. The molecule has 0 aromatic heterocycles. The largest absolute Gasteiger partial charge is 0.507 e. The highest BCUT2D eigenvalue weighted by molar-refractivity contribution is 5.78. The van der Waals surface area contributed by atoms with E-state index in [0.29, 0.717) is 17.5 Å². The van der Waals surface area contributed by atoms with Crippen molar-refractivity contribution in [2.45, 2.75) is 12.8 Å². The topological polar surface area (TPSA) is 66.8 Å². The SMILES string of the molecule is COC(=O)CCc1ccc(O)c(-c2ccccc2)c1O. The average molecular weight is 272 g/mol. The van der Waals surface area contributed by atoms with Crippen LogP contribution in [0.4, 0.5) is 0 Å². The van der Waals surface area contributed by atoms with Crippen molar-refractivity contribution in [2.24, 2.45) is 0 Å². The molecule has 2 aromatic carbocycles. The summed E-state index contributed by atoms with van der Waals surface area (Å²) < 4.78 is 4.58. The van der Waals surface area contributed by atoms with Gasteiger partial charge in [0.25, 0.3) is 0 Å². The molecule has 0 aliphatic rings. The first-order valence-corrected chi connectivity index (χ1v) is 6.29. The number of carbonyl (C=O) groups is 1. The van der Waals surface area contributed by atoms with Crippen molar-refractivity contribution in [3.05, 3.63) is 48.0 Å². The average Bonchev–Trinajstić information content (AvgIpc) is 2.47. The zero-order valence-electron chi connectivity index (χ0n) is 11.2. The molecular formula is C16H16O4. The van der Waals surface area contributed by atoms with Crippen molar-refractivity contribution in [3.63, 3.8) is 0 Å². The van der Waals surface area contributed by atoms with Gasteiger partial charge in [-0.15, -0.1) is 0 Å². The molecule has 4 nitrogen and oxygen atoms in total. The predicted molar refractivity (Wildman–Crippen MR) is 75.5 cm³/mol. The molecule has 104 valence electrons. The molecule has 0 saturated heterocycles. The number of benzene rings is 2. The Morgan fingerprint density at radius 3 is 2.45 bits per heavy atom. The normalized spacial score (nSPS) is 10.2. The van der Waals surface area contributed by atoms with E-state index in [-0.39, 0.29) is 23.9 Å². The molecule has 4 heteroatoms. The van der Waals surface area contributed by atoms with Gasteiger partial charge >= 0.3 is 5.97 Å². The maximum atomic E-state index is 11.2. The summed E-state index contributed by atoms with van der Waals surface area (Å²) in [4.78, 5) is 11.2. The van der Waals surface area contributed by atoms with E-state index in [4.69, 9.17) is 0 Å². The molecule has 20 heavy (non-hydrogen) atoms. The van der Waals surface area contributed by atoms with E-state index in [1.807, 2.05) is 18.2 Å². The van der Waals surface area contributed by atoms with Crippen molar-refractivity contribution in [3.8, 4) is 22.6 Å². The fraction of sp³-hybridized carbons (Fsp3) is 0.188. The molecule has 0 saturated carbocycles. The van der Waals surface area contributed by atoms with Gasteiger partial charge in [0.2, 0.25) is 0 Å². The Kier molecular flexibility index (Phi) is 4.25. The molecule has 0 bridgehead atoms. The van der Waals surface area contributed by atoms with E-state index in [1.165, 1.54) is 13.2 Å². The minimum absolute atomic E-state index is 0.0000954. The Balaban J connectivity index is 2.36. The Hall–Kier alpha value is -2.49. The second kappa shape index (κ2) is 6.10. The monoisotopic (exact) mass is 272 g/mol. The van der Waals surface area contributed by atoms with E-state index in [0.717, 1.165) is 5.56 Å². The number of methoxy groups -OCH3 is 1. The maximum Gasteiger partial charge on any atom is 0.305 e. The lowest BCUT2D eigenvalue weighted by atomic mass is 9.98. The third-order valence-electron chi connectivity index (χ3n) is 3.13. The Morgan fingerprint density at radius 2 is 1.80 bits per heavy atom. The standard InChI is InChI=1S/C16H16O4/c1-20-14(18)10-8-12-7-9-13(17)15(16(12)19)11-5-3-2-4-6-11/h2-7,9,17,19H,8,10H2,1H3. The second-order valence-corrected chi connectivity index (χ2v) is 4.41. The van der Waals surface area contributed by atoms with Gasteiger partial charge in [-0.3, -0.25) is 4.79 Å². The molecule has 2 aromatic rings. The number of phenols is 2. The van der Waals surface area contributed by atoms with E-state index in [9.17, 15) is 15.0 Å². The maximum absolute atomic E-state index is 11.2. The number of ether oxygens (including phenoxy) is 1. The molecule has 0 spiro atoms. The van der Waals surface area contributed by atoms with Crippen LogP contribution in [0.2, 0.25) is 0 Å². The van der Waals surface area contributed by atoms with Crippen molar-refractivity contribution in [2.75, 3.05) is 7.11 Å². The summed E-state index contributed by atoms with van der Waals surface area (Å²) >= 11 is 0. The molecule has 0 fully saturated rings. The van der Waals surface area contributed by atoms with Gasteiger partial charge < -0.3 is 14.9 Å². The number of esters is 1. The van der Waals surface area contributed by atoms with Gasteiger partial charge in [0, 0.05) is 6.42 Å². The first-order chi connectivity index (χ1) is 9.63. The Morgan fingerprint density at radius 1 is 1.10 bits per heavy atom. The molecule has 0 atom stereocenters. The molecule has 0 heterocycles. The van der Waals surface area contributed by atoms with Gasteiger partial charge in [0.05, 0.1) is 12.7 Å². The van der Waals surface area contributed by atoms with Crippen LogP contribution in [0.15, 0.2) is 42.5 Å². The van der Waals surface area contributed by atoms with E-state index in [1.54, 1.807) is 18.2 Å². The third-order valence-corrected chi connectivity index (χ3v) is 3.13. The highest BCUT2D eigenvalue weighted by atomic mass is 16.5. The minimum atomic E-state index is -0.335. The van der Waals surface area contributed by atoms with Gasteiger partial charge in [0.15, 0.2) is 0 Å². The van der Waals surface area contributed by atoms with Crippen LogP contribution in [-0.4, -0.2) is 23.3 Å². The predicted octanol–water partition coefficient (Wildman–Crippen LogP) is 2.87. The van der Waals surface area contributed by atoms with Crippen molar-refractivity contribution < 1.29 is 19.7 Å². The smallest absolute Gasteiger partial charge is 0.305 e. The van der Waals surface area contributed by atoms with Gasteiger partial charge in [-0.05, 0) is 23.6 Å². The van der Waals surface area contributed by atoms with Crippen LogP contribution in [-0.2, 0) is 16.0 Å². The second-order valence-electron chi connectivity index (χ2n) is 4.41. The van der Waals surface area contributed by atoms with Crippen molar-refractivity contribution in [1.29, 1.82) is 0 Å². The van der Waals surface area contributed by atoms with Crippen molar-refractivity contribution >= 4 is 5.97 Å². The molecule has 0 aliphatic carbocycles. The van der Waals surface area contributed by atoms with Gasteiger partial charge in [-0.25, -0.2) is 0 Å². The Labute approximate surface area is 117 Å². The summed E-state index contributed by atoms with van der Waals surface area (Å²) in [5.41, 5.74) is 1.71. The van der Waals surface area contributed by atoms with E-state index < -0.39 is 0 Å². The van der Waals surface area contributed by atoms with Crippen LogP contribution in [0.3, 0.4) is 0 Å². The molecule has 0 aliphatic heterocycles. The van der Waals surface area contributed by atoms with Crippen molar-refractivity contribution in [1.82, 2.24) is 0 Å². The van der Waals surface area contributed by atoms with E-state index in [2.05, 4.69) is 4.74 Å². The lowest BCUT2D eigenvalue weighted by Gasteiger charge is -2.11. The van der Waals surface area contributed by atoms with Crippen LogP contribution in [0.1, 0.15) is 12.0 Å². The quantitative estimate of drug-likeness (QED) is 0.840. The third kappa shape index (κ3) is 2.91. The van der Waals surface area contributed by atoms with Gasteiger partial charge in [0.1, 0.15) is 11.5 Å². The lowest BCUT2D eigenvalue weighted by Crippen LogP contribution is -2.02. The molecule has 2 rings (SSSR count). The summed E-state index contributed by atoms with van der Waals surface area (Å²) in [6.07, 6.45) is 0.543. The molecule has 2 N–H and O–H groups in total. The summed E-state index contributed by atoms with van der Waals surface area (Å²) in [6.45, 7) is 0. The number of hydrogen-bond acceptors (Lipinski definition) is 4. The number of aromatic hydroxyl groups is 2. The zero-order valence-corrected chi connectivity index (χ0v) is 11.2. The van der Waals surface area contributed by atoms with Crippen LogP contribution < -0.4 is 0 Å². The lowest BCUT2D eigenvalue weighted by molar-refractivity contribution is -0.140. The van der Waals surface area contributed by atoms with Gasteiger partial charge in [-0.2, -0.15) is 0 Å². The highest BCUT2D eigenvalue weighted by Crippen LogP contribution is 2.39. The summed E-state index contributed by atoms with van der Waals surface area (Å²) in [5.74, 6) is -0.325. The van der Waals surface area contributed by atoms with Gasteiger partial charge in [-0.1, -0.05) is 36.4 Å². The fourth-order valence-electron chi connectivity index (χ4n) is 2.05.